The monoisotopic (exact) mass is 122 g/mol. The van der Waals surface area contributed by atoms with Crippen molar-refractivity contribution in [3.05, 3.63) is 37.0 Å². The van der Waals surface area contributed by atoms with Gasteiger partial charge in [0.1, 0.15) is 6.10 Å². The highest BCUT2D eigenvalue weighted by Gasteiger charge is 2.24. The zero-order valence-electron chi connectivity index (χ0n) is 5.34. The molecule has 1 heteroatoms. The van der Waals surface area contributed by atoms with Crippen LogP contribution in [0.1, 0.15) is 0 Å². The molecule has 1 nitrogen and oxygen atoms in total. The van der Waals surface area contributed by atoms with Crippen molar-refractivity contribution in [2.24, 2.45) is 0 Å². The Morgan fingerprint density at radius 3 is 2.56 bits per heavy atom. The van der Waals surface area contributed by atoms with E-state index in [1.54, 1.807) is 12.2 Å². The number of epoxide rings is 1. The molecule has 1 unspecified atom stereocenters. The van der Waals surface area contributed by atoms with Crippen LogP contribution in [0.5, 0.6) is 0 Å². The van der Waals surface area contributed by atoms with Crippen LogP contribution in [0.2, 0.25) is 0 Å². The number of ether oxygens (including phenoxy) is 1. The summed E-state index contributed by atoms with van der Waals surface area (Å²) in [7, 11) is 0. The Hall–Kier alpha value is -0.820. The summed E-state index contributed by atoms with van der Waals surface area (Å²) in [4.78, 5) is 0. The van der Waals surface area contributed by atoms with Gasteiger partial charge in [-0.3, -0.25) is 0 Å². The summed E-state index contributed by atoms with van der Waals surface area (Å²) >= 11 is 0. The summed E-state index contributed by atoms with van der Waals surface area (Å²) in [6.45, 7) is 8.06. The minimum Gasteiger partial charge on any atom is -0.368 e. The minimum absolute atomic E-state index is 0.306. The molecule has 9 heavy (non-hydrogen) atoms. The van der Waals surface area contributed by atoms with E-state index in [0.717, 1.165) is 12.2 Å². The lowest BCUT2D eigenvalue weighted by Crippen LogP contribution is -1.85. The molecular weight excluding hydrogens is 112 g/mol. The highest BCUT2D eigenvalue weighted by Crippen LogP contribution is 2.19. The molecule has 0 aromatic heterocycles. The molecule has 0 amide bonds. The smallest absolute Gasteiger partial charge is 0.106 e. The number of hydrogen-bond acceptors (Lipinski definition) is 1. The van der Waals surface area contributed by atoms with E-state index in [4.69, 9.17) is 4.74 Å². The lowest BCUT2D eigenvalue weighted by atomic mass is 10.2. The van der Waals surface area contributed by atoms with E-state index in [0.29, 0.717) is 6.10 Å². The summed E-state index contributed by atoms with van der Waals surface area (Å²) in [5, 5.41) is 0. The lowest BCUT2D eigenvalue weighted by molar-refractivity contribution is 0.434. The van der Waals surface area contributed by atoms with Gasteiger partial charge in [-0.25, -0.2) is 0 Å². The number of rotatable bonds is 3. The molecule has 0 aliphatic carbocycles. The van der Waals surface area contributed by atoms with E-state index in [1.165, 1.54) is 0 Å². The normalized spacial score (nSPS) is 25.3. The second kappa shape index (κ2) is 2.65. The van der Waals surface area contributed by atoms with E-state index in [9.17, 15) is 0 Å². The molecule has 1 atom stereocenters. The molecule has 0 spiro atoms. The molecule has 0 saturated carbocycles. The van der Waals surface area contributed by atoms with E-state index in [1.807, 2.05) is 6.08 Å². The van der Waals surface area contributed by atoms with Crippen LogP contribution < -0.4 is 0 Å². The highest BCUT2D eigenvalue weighted by molar-refractivity contribution is 5.27. The van der Waals surface area contributed by atoms with Gasteiger partial charge in [0, 0.05) is 0 Å². The van der Waals surface area contributed by atoms with Gasteiger partial charge in [0.25, 0.3) is 0 Å². The average molecular weight is 122 g/mol. The second-order valence-corrected chi connectivity index (χ2v) is 1.93. The largest absolute Gasteiger partial charge is 0.368 e. The van der Waals surface area contributed by atoms with E-state index >= 15 is 0 Å². The van der Waals surface area contributed by atoms with Gasteiger partial charge in [0.15, 0.2) is 0 Å². The lowest BCUT2D eigenvalue weighted by Gasteiger charge is -1.89. The first-order valence-electron chi connectivity index (χ1n) is 2.95. The van der Waals surface area contributed by atoms with Crippen molar-refractivity contribution in [1.82, 2.24) is 0 Å². The van der Waals surface area contributed by atoms with Gasteiger partial charge in [-0.2, -0.15) is 0 Å². The number of allylic oxidation sites excluding steroid dienone is 2. The fraction of sp³-hybridized carbons (Fsp3) is 0.250. The highest BCUT2D eigenvalue weighted by atomic mass is 16.6. The third kappa shape index (κ3) is 1.54. The minimum atomic E-state index is 0.306. The van der Waals surface area contributed by atoms with Gasteiger partial charge < -0.3 is 4.74 Å². The van der Waals surface area contributed by atoms with Crippen LogP contribution in [0, 0.1) is 0 Å². The molecule has 0 radical (unpaired) electrons. The van der Waals surface area contributed by atoms with Crippen molar-refractivity contribution in [1.29, 1.82) is 0 Å². The van der Waals surface area contributed by atoms with E-state index < -0.39 is 0 Å². The van der Waals surface area contributed by atoms with Crippen LogP contribution >= 0.6 is 0 Å². The Morgan fingerprint density at radius 1 is 1.56 bits per heavy atom. The molecule has 1 rings (SSSR count). The first kappa shape index (κ1) is 6.30. The maximum atomic E-state index is 5.03. The SMILES string of the molecule is C=C/C=C(\C=C)C1CO1. The van der Waals surface area contributed by atoms with Crippen molar-refractivity contribution in [3.63, 3.8) is 0 Å². The summed E-state index contributed by atoms with van der Waals surface area (Å²) in [5.41, 5.74) is 1.13. The molecule has 1 aliphatic heterocycles. The van der Waals surface area contributed by atoms with E-state index in [-0.39, 0.29) is 0 Å². The Bertz CT molecular complexity index is 152. The maximum absolute atomic E-state index is 5.03. The quantitative estimate of drug-likeness (QED) is 0.410. The molecule has 48 valence electrons. The zero-order chi connectivity index (χ0) is 6.69. The maximum Gasteiger partial charge on any atom is 0.106 e. The van der Waals surface area contributed by atoms with Gasteiger partial charge in [-0.05, 0) is 5.57 Å². The van der Waals surface area contributed by atoms with Gasteiger partial charge in [-0.1, -0.05) is 31.4 Å². The summed E-state index contributed by atoms with van der Waals surface area (Å²) < 4.78 is 5.03. The first-order valence-corrected chi connectivity index (χ1v) is 2.95. The molecule has 1 saturated heterocycles. The first-order chi connectivity index (χ1) is 4.38. The van der Waals surface area contributed by atoms with Gasteiger partial charge in [0.2, 0.25) is 0 Å². The van der Waals surface area contributed by atoms with E-state index in [2.05, 4.69) is 13.2 Å². The fourth-order valence-electron chi connectivity index (χ4n) is 0.683. The molecule has 0 N–H and O–H groups in total. The average Bonchev–Trinajstić information content (AvgIpc) is 2.64. The van der Waals surface area contributed by atoms with Crippen molar-refractivity contribution >= 4 is 0 Å². The molecule has 0 aromatic rings. The molecular formula is C8H10O. The number of hydrogen-bond donors (Lipinski definition) is 0. The van der Waals surface area contributed by atoms with Crippen LogP contribution in [0.4, 0.5) is 0 Å². The fourth-order valence-corrected chi connectivity index (χ4v) is 0.683. The Kier molecular flexibility index (Phi) is 1.85. The topological polar surface area (TPSA) is 12.5 Å². The Balaban J connectivity index is 2.56. The van der Waals surface area contributed by atoms with Gasteiger partial charge >= 0.3 is 0 Å². The standard InChI is InChI=1S/C8H10O/c1-3-5-7(4-2)8-6-9-8/h3-5,8H,1-2,6H2/b7-5+. The Labute approximate surface area is 55.3 Å². The predicted octanol–water partition coefficient (Wildman–Crippen LogP) is 1.68. The third-order valence-electron chi connectivity index (χ3n) is 1.25. The predicted molar refractivity (Wildman–Crippen MR) is 38.2 cm³/mol. The Morgan fingerprint density at radius 2 is 2.22 bits per heavy atom. The van der Waals surface area contributed by atoms with Crippen molar-refractivity contribution in [2.75, 3.05) is 6.61 Å². The molecule has 0 aromatic carbocycles. The molecule has 1 heterocycles. The van der Waals surface area contributed by atoms with Crippen LogP contribution in [0.3, 0.4) is 0 Å². The van der Waals surface area contributed by atoms with Crippen LogP contribution in [-0.4, -0.2) is 12.7 Å². The second-order valence-electron chi connectivity index (χ2n) is 1.93. The molecule has 1 fully saturated rings. The van der Waals surface area contributed by atoms with Crippen LogP contribution in [0.15, 0.2) is 37.0 Å². The summed E-state index contributed by atoms with van der Waals surface area (Å²) in [5.74, 6) is 0. The van der Waals surface area contributed by atoms with Crippen LogP contribution in [-0.2, 0) is 4.74 Å². The zero-order valence-corrected chi connectivity index (χ0v) is 5.34. The molecule has 1 aliphatic rings. The summed E-state index contributed by atoms with van der Waals surface area (Å²) in [6, 6.07) is 0. The van der Waals surface area contributed by atoms with Gasteiger partial charge in [-0.15, -0.1) is 0 Å². The van der Waals surface area contributed by atoms with Crippen molar-refractivity contribution < 1.29 is 4.74 Å². The third-order valence-corrected chi connectivity index (χ3v) is 1.25. The van der Waals surface area contributed by atoms with Crippen molar-refractivity contribution in [2.45, 2.75) is 6.10 Å². The van der Waals surface area contributed by atoms with Gasteiger partial charge in [0.05, 0.1) is 6.61 Å². The molecule has 0 bridgehead atoms. The summed E-state index contributed by atoms with van der Waals surface area (Å²) in [6.07, 6.45) is 5.78. The van der Waals surface area contributed by atoms with Crippen molar-refractivity contribution in [3.8, 4) is 0 Å². The van der Waals surface area contributed by atoms with Crippen LogP contribution in [0.25, 0.3) is 0 Å².